The maximum Gasteiger partial charge on any atom is 0.306 e. The highest BCUT2D eigenvalue weighted by Crippen LogP contribution is 2.30. The second-order valence-corrected chi connectivity index (χ2v) is 9.71. The topological polar surface area (TPSA) is 71.0 Å². The molecule has 0 saturated carbocycles. The molecule has 0 radical (unpaired) electrons. The number of benzene rings is 2. The van der Waals surface area contributed by atoms with E-state index in [9.17, 15) is 9.59 Å². The maximum absolute atomic E-state index is 12.8. The van der Waals surface area contributed by atoms with Gasteiger partial charge in [0.2, 0.25) is 0 Å². The minimum Gasteiger partial charge on any atom is -0.466 e. The van der Waals surface area contributed by atoms with Crippen molar-refractivity contribution in [2.45, 2.75) is 64.7 Å². The van der Waals surface area contributed by atoms with Crippen LogP contribution >= 0.6 is 0 Å². The van der Waals surface area contributed by atoms with E-state index in [0.29, 0.717) is 24.5 Å². The van der Waals surface area contributed by atoms with Crippen molar-refractivity contribution in [3.63, 3.8) is 0 Å². The van der Waals surface area contributed by atoms with Gasteiger partial charge >= 0.3 is 5.97 Å². The fraction of sp³-hybridized carbons (Fsp3) is 0.483. The smallest absolute Gasteiger partial charge is 0.306 e. The molecule has 1 saturated heterocycles. The van der Waals surface area contributed by atoms with Crippen LogP contribution in [0.5, 0.6) is 0 Å². The summed E-state index contributed by atoms with van der Waals surface area (Å²) in [6.07, 6.45) is 10.8. The van der Waals surface area contributed by atoms with Crippen LogP contribution in [0.3, 0.4) is 0 Å². The van der Waals surface area contributed by atoms with Crippen molar-refractivity contribution >= 4 is 23.8 Å². The van der Waals surface area contributed by atoms with Crippen molar-refractivity contribution in [3.8, 4) is 0 Å². The predicted molar refractivity (Wildman–Crippen MR) is 140 cm³/mol. The number of anilines is 1. The van der Waals surface area contributed by atoms with Crippen LogP contribution in [-0.4, -0.2) is 42.8 Å². The minimum absolute atomic E-state index is 0.0837. The molecule has 1 aliphatic heterocycles. The van der Waals surface area contributed by atoms with E-state index in [1.807, 2.05) is 36.5 Å². The summed E-state index contributed by atoms with van der Waals surface area (Å²) in [5, 5.41) is 9.70. The molecule has 1 heterocycles. The number of carbonyl (C=O) groups is 2. The zero-order valence-electron chi connectivity index (χ0n) is 20.8. The van der Waals surface area contributed by atoms with E-state index in [-0.39, 0.29) is 11.9 Å². The van der Waals surface area contributed by atoms with Gasteiger partial charge in [0.25, 0.3) is 5.91 Å². The molecule has 1 amide bonds. The highest BCUT2D eigenvalue weighted by Gasteiger charge is 2.22. The summed E-state index contributed by atoms with van der Waals surface area (Å²) in [4.78, 5) is 24.8. The van der Waals surface area contributed by atoms with E-state index in [0.717, 1.165) is 56.4 Å². The van der Waals surface area contributed by atoms with Gasteiger partial charge in [-0.05, 0) is 91.8 Å². The summed E-state index contributed by atoms with van der Waals surface area (Å²) in [6.45, 7) is 4.65. The van der Waals surface area contributed by atoms with Crippen LogP contribution < -0.4 is 5.32 Å². The summed E-state index contributed by atoms with van der Waals surface area (Å²) in [6, 6.07) is 13.7. The van der Waals surface area contributed by atoms with Crippen LogP contribution in [-0.2, 0) is 22.4 Å². The normalized spacial score (nSPS) is 17.7. The van der Waals surface area contributed by atoms with Crippen LogP contribution in [0, 0.1) is 5.92 Å². The molecule has 6 nitrogen and oxygen atoms in total. The summed E-state index contributed by atoms with van der Waals surface area (Å²) in [7, 11) is 0. The zero-order valence-corrected chi connectivity index (χ0v) is 20.8. The monoisotopic (exact) mass is 475 g/mol. The van der Waals surface area contributed by atoms with Crippen molar-refractivity contribution in [2.75, 3.05) is 25.0 Å². The lowest BCUT2D eigenvalue weighted by Crippen LogP contribution is -2.24. The standard InChI is InChI=1S/C29H37N3O3/c1-2-3-17-35-28(33)19-23-9-12-26-20-27(14-13-25(26)18-23)31-29(34)24-10-7-22(8-11-24)21-30-32-15-5-4-6-16-32/h7-8,10-11,13-14,20-21,23H,2-6,9,12,15-19H2,1H3,(H,31,34)/b30-21+. The first-order valence-corrected chi connectivity index (χ1v) is 13.1. The molecule has 1 aliphatic carbocycles. The third-order valence-corrected chi connectivity index (χ3v) is 6.89. The first-order chi connectivity index (χ1) is 17.1. The lowest BCUT2D eigenvalue weighted by atomic mass is 9.82. The van der Waals surface area contributed by atoms with Gasteiger partial charge in [-0.3, -0.25) is 14.6 Å². The van der Waals surface area contributed by atoms with E-state index in [1.54, 1.807) is 0 Å². The molecule has 186 valence electrons. The molecule has 1 N–H and O–H groups in total. The Morgan fingerprint density at radius 3 is 2.66 bits per heavy atom. The summed E-state index contributed by atoms with van der Waals surface area (Å²) < 4.78 is 5.33. The average molecular weight is 476 g/mol. The molecule has 2 aromatic rings. The second kappa shape index (κ2) is 12.5. The number of hydrogen-bond donors (Lipinski definition) is 1. The van der Waals surface area contributed by atoms with Crippen LogP contribution in [0.4, 0.5) is 5.69 Å². The Hall–Kier alpha value is -3.15. The van der Waals surface area contributed by atoms with E-state index < -0.39 is 0 Å². The number of nitrogens with zero attached hydrogens (tertiary/aromatic N) is 2. The van der Waals surface area contributed by atoms with E-state index in [4.69, 9.17) is 4.74 Å². The maximum atomic E-state index is 12.8. The summed E-state index contributed by atoms with van der Waals surface area (Å²) >= 11 is 0. The van der Waals surface area contributed by atoms with Crippen molar-refractivity contribution in [3.05, 3.63) is 64.7 Å². The number of carbonyl (C=O) groups excluding carboxylic acids is 2. The van der Waals surface area contributed by atoms with Gasteiger partial charge in [0.1, 0.15) is 0 Å². The van der Waals surface area contributed by atoms with Gasteiger partial charge in [-0.25, -0.2) is 0 Å². The van der Waals surface area contributed by atoms with Crippen LogP contribution in [0.2, 0.25) is 0 Å². The number of ether oxygens (including phenoxy) is 1. The van der Waals surface area contributed by atoms with E-state index >= 15 is 0 Å². The minimum atomic E-state index is -0.118. The third kappa shape index (κ3) is 7.41. The molecule has 0 bridgehead atoms. The average Bonchev–Trinajstić information content (AvgIpc) is 2.88. The molecule has 0 aromatic heterocycles. The molecule has 6 heteroatoms. The predicted octanol–water partition coefficient (Wildman–Crippen LogP) is 5.60. The molecule has 2 aliphatic rings. The summed E-state index contributed by atoms with van der Waals surface area (Å²) in [5.74, 6) is 0.126. The SMILES string of the molecule is CCCCOC(=O)CC1CCc2cc(NC(=O)c3ccc(/C=N/N4CCCCC4)cc3)ccc2C1. The van der Waals surface area contributed by atoms with Gasteiger partial charge in [0.05, 0.1) is 12.8 Å². The third-order valence-electron chi connectivity index (χ3n) is 6.89. The molecule has 1 atom stereocenters. The van der Waals surface area contributed by atoms with Crippen molar-refractivity contribution in [1.82, 2.24) is 5.01 Å². The highest BCUT2D eigenvalue weighted by atomic mass is 16.5. The lowest BCUT2D eigenvalue weighted by Gasteiger charge is -2.24. The molecule has 35 heavy (non-hydrogen) atoms. The Kier molecular flexibility index (Phi) is 8.93. The van der Waals surface area contributed by atoms with Gasteiger partial charge in [-0.1, -0.05) is 31.5 Å². The Morgan fingerprint density at radius 1 is 1.09 bits per heavy atom. The van der Waals surface area contributed by atoms with Gasteiger partial charge in [-0.15, -0.1) is 0 Å². The van der Waals surface area contributed by atoms with Crippen LogP contribution in [0.25, 0.3) is 0 Å². The van der Waals surface area contributed by atoms with Gasteiger partial charge in [0.15, 0.2) is 0 Å². The molecule has 0 spiro atoms. The highest BCUT2D eigenvalue weighted by molar-refractivity contribution is 6.04. The van der Waals surface area contributed by atoms with Crippen molar-refractivity contribution in [2.24, 2.45) is 11.0 Å². The van der Waals surface area contributed by atoms with Gasteiger partial charge in [0, 0.05) is 30.8 Å². The molecule has 1 fully saturated rings. The molecule has 2 aromatic carbocycles. The quantitative estimate of drug-likeness (QED) is 0.291. The largest absolute Gasteiger partial charge is 0.466 e. The fourth-order valence-electron chi connectivity index (χ4n) is 4.77. The molecular formula is C29H37N3O3. The number of aryl methyl sites for hydroxylation is 1. The number of hydrogen-bond acceptors (Lipinski definition) is 5. The first-order valence-electron chi connectivity index (χ1n) is 13.1. The molecular weight excluding hydrogens is 438 g/mol. The van der Waals surface area contributed by atoms with E-state index in [2.05, 4.69) is 34.5 Å². The van der Waals surface area contributed by atoms with Crippen molar-refractivity contribution in [1.29, 1.82) is 0 Å². The summed E-state index contributed by atoms with van der Waals surface area (Å²) in [5.41, 5.74) is 4.94. The first kappa shape index (κ1) is 25.0. The van der Waals surface area contributed by atoms with Gasteiger partial charge in [-0.2, -0.15) is 5.10 Å². The number of esters is 1. The van der Waals surface area contributed by atoms with Crippen LogP contribution in [0.1, 0.15) is 78.9 Å². The number of nitrogens with one attached hydrogen (secondary N) is 1. The Labute approximate surface area is 208 Å². The number of hydrazone groups is 1. The Morgan fingerprint density at radius 2 is 1.89 bits per heavy atom. The van der Waals surface area contributed by atoms with E-state index in [1.165, 1.54) is 30.4 Å². The number of amides is 1. The second-order valence-electron chi connectivity index (χ2n) is 9.71. The Bertz CT molecular complexity index is 1030. The number of piperidine rings is 1. The molecule has 1 unspecified atom stereocenters. The number of unbranched alkanes of at least 4 members (excludes halogenated alkanes) is 1. The Balaban J connectivity index is 1.28. The number of fused-ring (bicyclic) bond motifs is 1. The molecule has 4 rings (SSSR count). The fourth-order valence-corrected chi connectivity index (χ4v) is 4.77. The number of rotatable bonds is 9. The van der Waals surface area contributed by atoms with Crippen molar-refractivity contribution < 1.29 is 14.3 Å². The lowest BCUT2D eigenvalue weighted by molar-refractivity contribution is -0.145. The zero-order chi connectivity index (χ0) is 24.5. The van der Waals surface area contributed by atoms with Crippen LogP contribution in [0.15, 0.2) is 47.6 Å². The van der Waals surface area contributed by atoms with Gasteiger partial charge < -0.3 is 10.1 Å².